The third kappa shape index (κ3) is 12.7. The van der Waals surface area contributed by atoms with Crippen molar-refractivity contribution in [2.24, 2.45) is 0 Å². The predicted molar refractivity (Wildman–Crippen MR) is 193 cm³/mol. The minimum atomic E-state index is -0.375. The summed E-state index contributed by atoms with van der Waals surface area (Å²) in [6.45, 7) is 6.64. The van der Waals surface area contributed by atoms with E-state index in [2.05, 4.69) is 69.5 Å². The minimum Gasteiger partial charge on any atom is -0.393 e. The third-order valence-corrected chi connectivity index (χ3v) is 7.96. The maximum Gasteiger partial charge on any atom is 0.0545 e. The molecule has 262 valence electrons. The van der Waals surface area contributed by atoms with E-state index in [0.717, 1.165) is 32.4 Å². The van der Waals surface area contributed by atoms with E-state index in [1.165, 1.54) is 20.9 Å². The molecular formula is C39H41Ir2N3O4S-2. The summed E-state index contributed by atoms with van der Waals surface area (Å²) in [5.74, 6) is 0. The van der Waals surface area contributed by atoms with Crippen molar-refractivity contribution in [2.45, 2.75) is 65.0 Å². The van der Waals surface area contributed by atoms with E-state index in [1.807, 2.05) is 48.7 Å². The monoisotopic (exact) mass is 1030 g/mol. The van der Waals surface area contributed by atoms with Gasteiger partial charge in [-0.05, 0) is 61.6 Å². The van der Waals surface area contributed by atoms with Gasteiger partial charge in [0.05, 0.1) is 29.9 Å². The molecule has 0 bridgehead atoms. The van der Waals surface area contributed by atoms with Gasteiger partial charge in [0.15, 0.2) is 0 Å². The molecule has 0 aliphatic heterocycles. The molecule has 0 aliphatic carbocycles. The number of hydrogen-bond donors (Lipinski definition) is 4. The molecule has 2 radical (unpaired) electrons. The van der Waals surface area contributed by atoms with Crippen molar-refractivity contribution in [1.29, 1.82) is 0 Å². The molecule has 4 N–H and O–H groups in total. The SMILES string of the molecule is CC(O)CC(C)O.CC(O)CC(C)O.[Ir].[Ir].[c-]1c(-c2ccccn2)sc2ccccc12.[c-]1cccc2c1c1nccnc1c1ccccc21. The first kappa shape index (κ1) is 42.2. The van der Waals surface area contributed by atoms with Gasteiger partial charge in [0.25, 0.3) is 0 Å². The number of benzene rings is 4. The van der Waals surface area contributed by atoms with Gasteiger partial charge in [-0.2, -0.15) is 0 Å². The Morgan fingerprint density at radius 1 is 0.592 bits per heavy atom. The van der Waals surface area contributed by atoms with Crippen LogP contribution in [0.3, 0.4) is 0 Å². The smallest absolute Gasteiger partial charge is 0.0545 e. The van der Waals surface area contributed by atoms with Crippen LogP contribution in [-0.2, 0) is 40.2 Å². The average molecular weight is 1030 g/mol. The number of hydrogen-bond acceptors (Lipinski definition) is 8. The first-order valence-electron chi connectivity index (χ1n) is 15.6. The number of aromatic nitrogens is 3. The van der Waals surface area contributed by atoms with Crippen LogP contribution in [0.15, 0.2) is 104 Å². The van der Waals surface area contributed by atoms with Crippen LogP contribution in [0.5, 0.6) is 0 Å². The Morgan fingerprint density at radius 2 is 1.14 bits per heavy atom. The van der Waals surface area contributed by atoms with Gasteiger partial charge in [-0.15, -0.1) is 53.2 Å². The number of fused-ring (bicyclic) bond motifs is 7. The first-order valence-corrected chi connectivity index (χ1v) is 16.4. The van der Waals surface area contributed by atoms with Gasteiger partial charge in [-0.25, -0.2) is 11.3 Å². The van der Waals surface area contributed by atoms with E-state index < -0.39 is 0 Å². The minimum absolute atomic E-state index is 0. The maximum atomic E-state index is 8.56. The third-order valence-electron chi connectivity index (χ3n) is 6.87. The molecule has 0 saturated heterocycles. The molecule has 3 aromatic heterocycles. The van der Waals surface area contributed by atoms with Gasteiger partial charge in [-0.1, -0.05) is 59.3 Å². The van der Waals surface area contributed by atoms with Gasteiger partial charge in [0.1, 0.15) is 0 Å². The molecule has 0 amide bonds. The Kier molecular flexibility index (Phi) is 18.3. The van der Waals surface area contributed by atoms with Crippen molar-refractivity contribution in [3.63, 3.8) is 0 Å². The van der Waals surface area contributed by atoms with Gasteiger partial charge in [-0.3, -0.25) is 4.98 Å². The molecule has 10 heteroatoms. The molecule has 7 nitrogen and oxygen atoms in total. The van der Waals surface area contributed by atoms with E-state index in [0.29, 0.717) is 12.8 Å². The largest absolute Gasteiger partial charge is 0.393 e. The zero-order valence-corrected chi connectivity index (χ0v) is 33.4. The molecule has 0 aliphatic rings. The molecule has 0 saturated carbocycles. The standard InChI is InChI=1S/C16H9N2.C13H8NS.2C5H12O2.2Ir/c1-3-7-13-11(5-1)12-6-2-4-8-14(12)16-15(13)17-9-10-18-16;1-2-7-12-10(5-1)9-13(15-12)11-6-3-4-8-14-11;2*1-4(6)3-5(2)7;;/h1-7,9-10H;1-8H;2*4-7H,3H2,1-2H3;;/q2*-1;;;;. The molecule has 3 heterocycles. The van der Waals surface area contributed by atoms with E-state index in [1.54, 1.807) is 51.4 Å². The average Bonchev–Trinajstić information content (AvgIpc) is 3.50. The van der Waals surface area contributed by atoms with Crippen LogP contribution in [0.4, 0.5) is 0 Å². The Bertz CT molecular complexity index is 1710. The van der Waals surface area contributed by atoms with Crippen molar-refractivity contribution >= 4 is 54.0 Å². The first-order chi connectivity index (χ1) is 22.6. The molecule has 4 unspecified atom stereocenters. The summed E-state index contributed by atoms with van der Waals surface area (Å²) < 4.78 is 1.26. The fraction of sp³-hybridized carbons (Fsp3) is 0.256. The topological polar surface area (TPSA) is 120 Å². The summed E-state index contributed by atoms with van der Waals surface area (Å²) >= 11 is 1.73. The van der Waals surface area contributed by atoms with Crippen LogP contribution < -0.4 is 0 Å². The van der Waals surface area contributed by atoms with Crippen molar-refractivity contribution in [3.05, 3.63) is 116 Å². The molecule has 4 atom stereocenters. The van der Waals surface area contributed by atoms with Crippen LogP contribution in [0.25, 0.3) is 53.2 Å². The number of thiophene rings is 1. The second kappa shape index (κ2) is 21.3. The fourth-order valence-corrected chi connectivity index (χ4v) is 6.00. The molecule has 49 heavy (non-hydrogen) atoms. The number of rotatable bonds is 5. The Hall–Kier alpha value is -3.01. The number of pyridine rings is 1. The van der Waals surface area contributed by atoms with Crippen LogP contribution >= 0.6 is 11.3 Å². The van der Waals surface area contributed by atoms with E-state index >= 15 is 0 Å². The molecule has 0 fully saturated rings. The molecule has 7 rings (SSSR count). The van der Waals surface area contributed by atoms with E-state index in [4.69, 9.17) is 20.4 Å². The summed E-state index contributed by atoms with van der Waals surface area (Å²) in [6.07, 6.45) is 4.73. The van der Waals surface area contributed by atoms with Gasteiger partial charge in [0.2, 0.25) is 0 Å². The maximum absolute atomic E-state index is 8.56. The van der Waals surface area contributed by atoms with Crippen LogP contribution in [0.2, 0.25) is 0 Å². The predicted octanol–water partition coefficient (Wildman–Crippen LogP) is 7.77. The van der Waals surface area contributed by atoms with Crippen LogP contribution in [-0.4, -0.2) is 59.8 Å². The summed E-state index contributed by atoms with van der Waals surface area (Å²) in [7, 11) is 0. The second-order valence-electron chi connectivity index (χ2n) is 11.4. The molecular weight excluding hydrogens is 991 g/mol. The summed E-state index contributed by atoms with van der Waals surface area (Å²) in [4.78, 5) is 14.4. The molecule has 0 spiro atoms. The number of aliphatic hydroxyl groups is 4. The van der Waals surface area contributed by atoms with Crippen molar-refractivity contribution in [3.8, 4) is 10.6 Å². The zero-order valence-electron chi connectivity index (χ0n) is 27.7. The van der Waals surface area contributed by atoms with Gasteiger partial charge in [0, 0.05) is 70.0 Å². The Balaban J connectivity index is 0.000000244. The zero-order chi connectivity index (χ0) is 33.8. The summed E-state index contributed by atoms with van der Waals surface area (Å²) in [5, 5.41) is 40.0. The van der Waals surface area contributed by atoms with E-state index in [9.17, 15) is 0 Å². The molecule has 4 aromatic carbocycles. The summed E-state index contributed by atoms with van der Waals surface area (Å²) in [5.41, 5.74) is 2.87. The number of aliphatic hydroxyl groups excluding tert-OH is 4. The van der Waals surface area contributed by atoms with Crippen molar-refractivity contribution in [2.75, 3.05) is 0 Å². The van der Waals surface area contributed by atoms with Crippen LogP contribution in [0, 0.1) is 12.1 Å². The van der Waals surface area contributed by atoms with Gasteiger partial charge >= 0.3 is 0 Å². The normalized spacial score (nSPS) is 12.8. The van der Waals surface area contributed by atoms with E-state index in [-0.39, 0.29) is 64.6 Å². The Morgan fingerprint density at radius 3 is 1.71 bits per heavy atom. The Labute approximate surface area is 318 Å². The fourth-order valence-electron chi connectivity index (χ4n) is 5.02. The van der Waals surface area contributed by atoms with Crippen molar-refractivity contribution < 1.29 is 60.6 Å². The quantitative estimate of drug-likeness (QED) is 0.103. The van der Waals surface area contributed by atoms with Gasteiger partial charge < -0.3 is 30.4 Å². The van der Waals surface area contributed by atoms with Crippen molar-refractivity contribution in [1.82, 2.24) is 15.0 Å². The molecule has 7 aromatic rings. The van der Waals surface area contributed by atoms with Crippen LogP contribution in [0.1, 0.15) is 40.5 Å². The number of nitrogens with zero attached hydrogens (tertiary/aromatic N) is 3. The summed E-state index contributed by atoms with van der Waals surface area (Å²) in [6, 6.07) is 35.2. The second-order valence-corrected chi connectivity index (χ2v) is 12.4.